The average Bonchev–Trinajstić information content (AvgIpc) is 2.99. The number of epoxide rings is 1. The van der Waals surface area contributed by atoms with Gasteiger partial charge in [-0.05, 0) is 6.92 Å². The van der Waals surface area contributed by atoms with E-state index in [4.69, 9.17) is 9.47 Å². The van der Waals surface area contributed by atoms with Crippen LogP contribution in [-0.2, 0) is 19.0 Å². The third kappa shape index (κ3) is 8.77. The first kappa shape index (κ1) is 13.4. The molecule has 1 atom stereocenters. The fraction of sp³-hybridized carbons (Fsp3) is 0.364. The summed E-state index contributed by atoms with van der Waals surface area (Å²) in [7, 11) is 0. The Morgan fingerprint density at radius 3 is 2.33 bits per heavy atom. The third-order valence-electron chi connectivity index (χ3n) is 1.34. The monoisotopic (exact) mass is 212 g/mol. The Morgan fingerprint density at radius 2 is 2.07 bits per heavy atom. The molecule has 0 amide bonds. The first-order valence-corrected chi connectivity index (χ1v) is 4.43. The summed E-state index contributed by atoms with van der Waals surface area (Å²) < 4.78 is 14.0. The summed E-state index contributed by atoms with van der Waals surface area (Å²) in [6.45, 7) is 12.7. The summed E-state index contributed by atoms with van der Waals surface area (Å²) in [5.74, 6) is -0.337. The highest BCUT2D eigenvalue weighted by atomic mass is 16.6. The first-order chi connectivity index (χ1) is 7.11. The molecule has 0 aromatic heterocycles. The van der Waals surface area contributed by atoms with Crippen LogP contribution < -0.4 is 0 Å². The van der Waals surface area contributed by atoms with Gasteiger partial charge < -0.3 is 14.2 Å². The van der Waals surface area contributed by atoms with Gasteiger partial charge in [-0.2, -0.15) is 0 Å². The van der Waals surface area contributed by atoms with Gasteiger partial charge in [0.15, 0.2) is 0 Å². The topological polar surface area (TPSA) is 48.1 Å². The maximum Gasteiger partial charge on any atom is 0.333 e. The molecule has 0 aromatic rings. The second kappa shape index (κ2) is 7.82. The van der Waals surface area contributed by atoms with E-state index in [0.717, 1.165) is 0 Å². The lowest BCUT2D eigenvalue weighted by Crippen LogP contribution is -2.09. The van der Waals surface area contributed by atoms with E-state index in [1.54, 1.807) is 6.92 Å². The van der Waals surface area contributed by atoms with Gasteiger partial charge in [-0.3, -0.25) is 0 Å². The predicted octanol–water partition coefficient (Wildman–Crippen LogP) is 1.79. The van der Waals surface area contributed by atoms with E-state index in [-0.39, 0.29) is 12.1 Å². The van der Waals surface area contributed by atoms with Crippen molar-refractivity contribution in [3.8, 4) is 0 Å². The van der Waals surface area contributed by atoms with Gasteiger partial charge in [-0.1, -0.05) is 19.7 Å². The SMILES string of the molecule is C=C(C)C(=O)OCC1CO1.C=COC=C. The van der Waals surface area contributed by atoms with E-state index >= 15 is 0 Å². The zero-order valence-corrected chi connectivity index (χ0v) is 8.90. The minimum absolute atomic E-state index is 0.142. The van der Waals surface area contributed by atoms with E-state index in [2.05, 4.69) is 24.5 Å². The molecule has 1 rings (SSSR count). The molecule has 4 nitrogen and oxygen atoms in total. The van der Waals surface area contributed by atoms with Crippen LogP contribution in [0.2, 0.25) is 0 Å². The summed E-state index contributed by atoms with van der Waals surface area (Å²) in [5.41, 5.74) is 0.431. The molecular formula is C11H16O4. The third-order valence-corrected chi connectivity index (χ3v) is 1.34. The molecular weight excluding hydrogens is 196 g/mol. The standard InChI is InChI=1S/C7H10O3.C4H6O/c1-5(2)7(8)10-4-6-3-9-6;1-3-5-4-2/h6H,1,3-4H2,2H3;3-4H,1-2H2. The highest BCUT2D eigenvalue weighted by Gasteiger charge is 2.24. The molecule has 4 heteroatoms. The number of carbonyl (C=O) groups is 1. The normalized spacial score (nSPS) is 16.5. The summed E-state index contributed by atoms with van der Waals surface area (Å²) in [6, 6.07) is 0. The Labute approximate surface area is 89.8 Å². The zero-order chi connectivity index (χ0) is 11.7. The van der Waals surface area contributed by atoms with Crippen molar-refractivity contribution in [2.24, 2.45) is 0 Å². The number of carbonyl (C=O) groups excluding carboxylic acids is 1. The van der Waals surface area contributed by atoms with Gasteiger partial charge >= 0.3 is 5.97 Å². The Hall–Kier alpha value is -1.55. The number of ether oxygens (including phenoxy) is 3. The lowest BCUT2D eigenvalue weighted by atomic mass is 10.4. The van der Waals surface area contributed by atoms with Gasteiger partial charge in [0.25, 0.3) is 0 Å². The Morgan fingerprint density at radius 1 is 1.53 bits per heavy atom. The summed E-state index contributed by atoms with van der Waals surface area (Å²) in [6.07, 6.45) is 2.77. The van der Waals surface area contributed by atoms with Crippen molar-refractivity contribution < 1.29 is 19.0 Å². The van der Waals surface area contributed by atoms with Crippen LogP contribution in [0.1, 0.15) is 6.92 Å². The summed E-state index contributed by atoms with van der Waals surface area (Å²) >= 11 is 0. The van der Waals surface area contributed by atoms with Crippen LogP contribution in [0.15, 0.2) is 37.8 Å². The van der Waals surface area contributed by atoms with Crippen molar-refractivity contribution in [2.45, 2.75) is 13.0 Å². The Bertz CT molecular complexity index is 235. The van der Waals surface area contributed by atoms with Crippen LogP contribution in [0.5, 0.6) is 0 Å². The van der Waals surface area contributed by atoms with Gasteiger partial charge in [0, 0.05) is 5.57 Å². The molecule has 84 valence electrons. The van der Waals surface area contributed by atoms with Crippen LogP contribution in [0, 0.1) is 0 Å². The minimum atomic E-state index is -0.337. The molecule has 0 aromatic carbocycles. The fourth-order valence-corrected chi connectivity index (χ4v) is 0.524. The van der Waals surface area contributed by atoms with Crippen LogP contribution >= 0.6 is 0 Å². The maximum absolute atomic E-state index is 10.7. The van der Waals surface area contributed by atoms with Crippen molar-refractivity contribution in [1.29, 1.82) is 0 Å². The van der Waals surface area contributed by atoms with Gasteiger partial charge in [0.2, 0.25) is 0 Å². The molecule has 0 radical (unpaired) electrons. The maximum atomic E-state index is 10.7. The lowest BCUT2D eigenvalue weighted by Gasteiger charge is -1.99. The van der Waals surface area contributed by atoms with Crippen LogP contribution in [0.3, 0.4) is 0 Å². The molecule has 1 heterocycles. The second-order valence-corrected chi connectivity index (χ2v) is 2.80. The van der Waals surface area contributed by atoms with Gasteiger partial charge in [-0.15, -0.1) is 0 Å². The first-order valence-electron chi connectivity index (χ1n) is 4.43. The van der Waals surface area contributed by atoms with Gasteiger partial charge in [0.1, 0.15) is 12.7 Å². The molecule has 1 unspecified atom stereocenters. The molecule has 1 saturated heterocycles. The second-order valence-electron chi connectivity index (χ2n) is 2.80. The Kier molecular flexibility index (Phi) is 7.01. The van der Waals surface area contributed by atoms with Crippen LogP contribution in [0.25, 0.3) is 0 Å². The smallest absolute Gasteiger partial charge is 0.333 e. The zero-order valence-electron chi connectivity index (χ0n) is 8.90. The average molecular weight is 212 g/mol. The highest BCUT2D eigenvalue weighted by Crippen LogP contribution is 2.09. The molecule has 1 aliphatic rings. The summed E-state index contributed by atoms with van der Waals surface area (Å²) in [4.78, 5) is 10.7. The molecule has 0 spiro atoms. The fourth-order valence-electron chi connectivity index (χ4n) is 0.524. The quantitative estimate of drug-likeness (QED) is 0.302. The summed E-state index contributed by atoms with van der Waals surface area (Å²) in [5, 5.41) is 0. The largest absolute Gasteiger partial charge is 0.474 e. The van der Waals surface area contributed by atoms with Crippen molar-refractivity contribution >= 4 is 5.97 Å². The Balaban J connectivity index is 0.000000336. The number of rotatable bonds is 5. The van der Waals surface area contributed by atoms with E-state index in [1.807, 2.05) is 0 Å². The molecule has 1 aliphatic heterocycles. The van der Waals surface area contributed by atoms with Crippen molar-refractivity contribution in [3.05, 3.63) is 37.8 Å². The predicted molar refractivity (Wildman–Crippen MR) is 57.0 cm³/mol. The van der Waals surface area contributed by atoms with E-state index in [1.165, 1.54) is 12.5 Å². The number of esters is 1. The van der Waals surface area contributed by atoms with Gasteiger partial charge in [0.05, 0.1) is 19.1 Å². The van der Waals surface area contributed by atoms with Crippen molar-refractivity contribution in [1.82, 2.24) is 0 Å². The molecule has 15 heavy (non-hydrogen) atoms. The molecule has 0 bridgehead atoms. The molecule has 1 fully saturated rings. The molecule has 0 N–H and O–H groups in total. The van der Waals surface area contributed by atoms with Gasteiger partial charge in [-0.25, -0.2) is 4.79 Å². The van der Waals surface area contributed by atoms with Crippen molar-refractivity contribution in [3.63, 3.8) is 0 Å². The molecule has 0 aliphatic carbocycles. The van der Waals surface area contributed by atoms with E-state index < -0.39 is 0 Å². The number of hydrogen-bond donors (Lipinski definition) is 0. The van der Waals surface area contributed by atoms with Crippen LogP contribution in [0.4, 0.5) is 0 Å². The van der Waals surface area contributed by atoms with E-state index in [9.17, 15) is 4.79 Å². The highest BCUT2D eigenvalue weighted by molar-refractivity contribution is 5.86. The van der Waals surface area contributed by atoms with E-state index in [0.29, 0.717) is 18.8 Å². The minimum Gasteiger partial charge on any atom is -0.474 e. The van der Waals surface area contributed by atoms with Crippen LogP contribution in [-0.4, -0.2) is 25.3 Å². The lowest BCUT2D eigenvalue weighted by molar-refractivity contribution is -0.139. The van der Waals surface area contributed by atoms with Crippen molar-refractivity contribution in [2.75, 3.05) is 13.2 Å². The number of hydrogen-bond acceptors (Lipinski definition) is 4. The molecule has 0 saturated carbocycles.